The van der Waals surface area contributed by atoms with Crippen LogP contribution in [0.2, 0.25) is 0 Å². The number of nitro groups is 1. The quantitative estimate of drug-likeness (QED) is 0.229. The van der Waals surface area contributed by atoms with Gasteiger partial charge in [0.05, 0.1) is 35.5 Å². The number of ether oxygens (including phenoxy) is 5. The molecule has 0 fully saturated rings. The molecule has 3 aromatic rings. The van der Waals surface area contributed by atoms with Gasteiger partial charge in [-0.2, -0.15) is 0 Å². The minimum atomic E-state index is -0.928. The van der Waals surface area contributed by atoms with Crippen molar-refractivity contribution in [2.75, 3.05) is 28.4 Å². The van der Waals surface area contributed by atoms with Crippen molar-refractivity contribution in [2.24, 2.45) is 7.05 Å². The third-order valence-corrected chi connectivity index (χ3v) is 5.45. The van der Waals surface area contributed by atoms with Crippen LogP contribution >= 0.6 is 0 Å². The Morgan fingerprint density at radius 1 is 0.886 bits per heavy atom. The van der Waals surface area contributed by atoms with E-state index < -0.39 is 10.5 Å². The molecule has 1 aromatic heterocycles. The highest BCUT2D eigenvalue weighted by Gasteiger charge is 2.33. The molecule has 2 aromatic carbocycles. The molecular weight excluding hydrogens is 454 g/mol. The average Bonchev–Trinajstić information content (AvgIpc) is 3.24. The second-order valence-electron chi connectivity index (χ2n) is 8.07. The van der Waals surface area contributed by atoms with Crippen LogP contribution in [0.25, 0.3) is 12.2 Å². The van der Waals surface area contributed by atoms with Crippen molar-refractivity contribution in [3.8, 4) is 28.7 Å². The first-order valence-electron chi connectivity index (χ1n) is 10.7. The zero-order valence-corrected chi connectivity index (χ0v) is 20.8. The topological polar surface area (TPSA) is 107 Å². The molecule has 0 spiro atoms. The maximum absolute atomic E-state index is 11.2. The van der Waals surface area contributed by atoms with Crippen molar-refractivity contribution in [3.05, 3.63) is 63.5 Å². The van der Waals surface area contributed by atoms with Crippen LogP contribution in [0.5, 0.6) is 28.7 Å². The van der Waals surface area contributed by atoms with Crippen molar-refractivity contribution in [1.29, 1.82) is 0 Å². The van der Waals surface area contributed by atoms with E-state index in [4.69, 9.17) is 23.7 Å². The fourth-order valence-electron chi connectivity index (χ4n) is 3.72. The SMILES string of the molecule is COc1ccc(/C=C\c2cc(OC)c(OC)c(OC)c2)cc1OC(C)(C)c1cnc([N+](=O)[O-])n1C. The van der Waals surface area contributed by atoms with Crippen molar-refractivity contribution in [1.82, 2.24) is 9.55 Å². The monoisotopic (exact) mass is 483 g/mol. The first-order valence-corrected chi connectivity index (χ1v) is 10.7. The van der Waals surface area contributed by atoms with Gasteiger partial charge in [0, 0.05) is 0 Å². The summed E-state index contributed by atoms with van der Waals surface area (Å²) in [7, 11) is 7.82. The number of hydrogen-bond acceptors (Lipinski definition) is 8. The Labute approximate surface area is 203 Å². The lowest BCUT2D eigenvalue weighted by molar-refractivity contribution is -0.396. The molecule has 0 saturated heterocycles. The molecule has 35 heavy (non-hydrogen) atoms. The van der Waals surface area contributed by atoms with E-state index in [2.05, 4.69) is 4.98 Å². The Balaban J connectivity index is 1.93. The number of methoxy groups -OCH3 is 4. The second-order valence-corrected chi connectivity index (χ2v) is 8.07. The van der Waals surface area contributed by atoms with Gasteiger partial charge in [-0.05, 0) is 54.2 Å². The van der Waals surface area contributed by atoms with Gasteiger partial charge >= 0.3 is 5.95 Å². The van der Waals surface area contributed by atoms with E-state index in [1.165, 1.54) is 10.8 Å². The van der Waals surface area contributed by atoms with Gasteiger partial charge < -0.3 is 33.8 Å². The van der Waals surface area contributed by atoms with Gasteiger partial charge in [0.2, 0.25) is 5.75 Å². The van der Waals surface area contributed by atoms with Crippen LogP contribution in [0.4, 0.5) is 5.95 Å². The highest BCUT2D eigenvalue weighted by Crippen LogP contribution is 2.39. The predicted molar refractivity (Wildman–Crippen MR) is 132 cm³/mol. The molecule has 1 heterocycles. The van der Waals surface area contributed by atoms with Gasteiger partial charge in [-0.25, -0.2) is 4.57 Å². The number of hydrogen-bond donors (Lipinski definition) is 0. The molecule has 0 aliphatic rings. The largest absolute Gasteiger partial charge is 0.493 e. The predicted octanol–water partition coefficient (Wildman–Crippen LogP) is 4.85. The van der Waals surface area contributed by atoms with E-state index in [9.17, 15) is 10.1 Å². The number of benzene rings is 2. The molecule has 3 rings (SSSR count). The molecule has 0 amide bonds. The summed E-state index contributed by atoms with van der Waals surface area (Å²) < 4.78 is 29.4. The normalized spacial score (nSPS) is 11.4. The average molecular weight is 484 g/mol. The van der Waals surface area contributed by atoms with Gasteiger partial charge in [-0.3, -0.25) is 0 Å². The number of rotatable bonds is 10. The first kappa shape index (κ1) is 25.4. The van der Waals surface area contributed by atoms with Crippen LogP contribution in [-0.2, 0) is 12.6 Å². The number of aromatic nitrogens is 2. The molecule has 0 radical (unpaired) electrons. The number of imidazole rings is 1. The fraction of sp³-hybridized carbons (Fsp3) is 0.320. The van der Waals surface area contributed by atoms with E-state index in [1.54, 1.807) is 41.6 Å². The zero-order valence-electron chi connectivity index (χ0n) is 20.8. The Kier molecular flexibility index (Phi) is 7.53. The van der Waals surface area contributed by atoms with E-state index in [-0.39, 0.29) is 5.95 Å². The minimum absolute atomic E-state index is 0.259. The summed E-state index contributed by atoms with van der Waals surface area (Å²) in [6.07, 6.45) is 5.26. The maximum atomic E-state index is 11.2. The van der Waals surface area contributed by atoms with Gasteiger partial charge in [-0.15, -0.1) is 0 Å². The molecule has 186 valence electrons. The van der Waals surface area contributed by atoms with Crippen LogP contribution < -0.4 is 23.7 Å². The van der Waals surface area contributed by atoms with Crippen molar-refractivity contribution in [2.45, 2.75) is 19.4 Å². The smallest absolute Gasteiger partial charge is 0.434 e. The van der Waals surface area contributed by atoms with E-state index >= 15 is 0 Å². The van der Waals surface area contributed by atoms with Crippen molar-refractivity contribution < 1.29 is 28.6 Å². The van der Waals surface area contributed by atoms with Gasteiger partial charge in [-0.1, -0.05) is 23.2 Å². The molecule has 10 heteroatoms. The molecule has 0 atom stereocenters. The van der Waals surface area contributed by atoms with Crippen molar-refractivity contribution >= 4 is 18.1 Å². The highest BCUT2D eigenvalue weighted by molar-refractivity contribution is 5.73. The molecule has 0 aliphatic heterocycles. The van der Waals surface area contributed by atoms with Gasteiger partial charge in [0.25, 0.3) is 0 Å². The lowest BCUT2D eigenvalue weighted by Crippen LogP contribution is -2.28. The Bertz CT molecular complexity index is 1220. The minimum Gasteiger partial charge on any atom is -0.493 e. The summed E-state index contributed by atoms with van der Waals surface area (Å²) in [5.74, 6) is 2.37. The van der Waals surface area contributed by atoms with E-state index in [0.29, 0.717) is 34.4 Å². The molecule has 0 unspecified atom stereocenters. The first-order chi connectivity index (χ1) is 16.6. The summed E-state index contributed by atoms with van der Waals surface area (Å²) in [6.45, 7) is 3.62. The second kappa shape index (κ2) is 10.4. The van der Waals surface area contributed by atoms with Gasteiger partial charge in [0.1, 0.15) is 6.20 Å². The third-order valence-electron chi connectivity index (χ3n) is 5.45. The van der Waals surface area contributed by atoms with Gasteiger partial charge in [0.15, 0.2) is 34.3 Å². The zero-order chi connectivity index (χ0) is 25.8. The van der Waals surface area contributed by atoms with E-state index in [1.807, 2.05) is 50.3 Å². The Morgan fingerprint density at radius 2 is 1.46 bits per heavy atom. The Morgan fingerprint density at radius 3 is 1.97 bits per heavy atom. The molecule has 0 bridgehead atoms. The number of nitrogens with zero attached hydrogens (tertiary/aromatic N) is 3. The van der Waals surface area contributed by atoms with Crippen LogP contribution in [-0.4, -0.2) is 42.9 Å². The summed E-state index contributed by atoms with van der Waals surface area (Å²) in [6, 6.07) is 9.21. The van der Waals surface area contributed by atoms with Crippen molar-refractivity contribution in [3.63, 3.8) is 0 Å². The lowest BCUT2D eigenvalue weighted by Gasteiger charge is -2.26. The van der Waals surface area contributed by atoms with Crippen LogP contribution in [0.1, 0.15) is 30.7 Å². The summed E-state index contributed by atoms with van der Waals surface area (Å²) in [4.78, 5) is 14.6. The summed E-state index contributed by atoms with van der Waals surface area (Å²) in [5.41, 5.74) is 1.31. The van der Waals surface area contributed by atoms with Crippen LogP contribution in [0.15, 0.2) is 36.5 Å². The van der Waals surface area contributed by atoms with Crippen LogP contribution in [0.3, 0.4) is 0 Å². The molecule has 0 N–H and O–H groups in total. The van der Waals surface area contributed by atoms with E-state index in [0.717, 1.165) is 11.1 Å². The summed E-state index contributed by atoms with van der Waals surface area (Å²) >= 11 is 0. The fourth-order valence-corrected chi connectivity index (χ4v) is 3.72. The molecule has 0 saturated carbocycles. The maximum Gasteiger partial charge on any atom is 0.434 e. The lowest BCUT2D eigenvalue weighted by atomic mass is 10.1. The summed E-state index contributed by atoms with van der Waals surface area (Å²) in [5, 5.41) is 11.2. The molecule has 10 nitrogen and oxygen atoms in total. The van der Waals surface area contributed by atoms with Crippen LogP contribution in [0, 0.1) is 10.1 Å². The third kappa shape index (κ3) is 5.32. The molecule has 0 aliphatic carbocycles. The molecular formula is C25H29N3O7. The highest BCUT2D eigenvalue weighted by atomic mass is 16.6. The Hall–Kier alpha value is -4.21. The standard InChI is InChI=1S/C25H29N3O7/c1-25(2,22-15-26-24(27(22)3)28(29)30)35-19-12-16(10-11-18(19)31-4)8-9-17-13-20(32-5)23(34-7)21(14-17)33-6/h8-15H,1-7H3/b9-8-.